The maximum atomic E-state index is 13.6. The molecule has 0 saturated heterocycles. The Hall–Kier alpha value is -2.66. The summed E-state index contributed by atoms with van der Waals surface area (Å²) in [7, 11) is 0. The number of carboxylic acid groups (broad SMARTS) is 1. The van der Waals surface area contributed by atoms with Gasteiger partial charge in [0.05, 0.1) is 11.3 Å². The van der Waals surface area contributed by atoms with Gasteiger partial charge < -0.3 is 10.4 Å². The highest BCUT2D eigenvalue weighted by molar-refractivity contribution is 6.31. The zero-order valence-electron chi connectivity index (χ0n) is 12.1. The van der Waals surface area contributed by atoms with Crippen LogP contribution in [0.25, 0.3) is 6.08 Å². The second kappa shape index (κ2) is 7.07. The van der Waals surface area contributed by atoms with Gasteiger partial charge in [0, 0.05) is 16.2 Å². The van der Waals surface area contributed by atoms with Crippen molar-refractivity contribution in [3.05, 3.63) is 70.0 Å². The van der Waals surface area contributed by atoms with Gasteiger partial charge in [-0.1, -0.05) is 29.8 Å². The Morgan fingerprint density at radius 2 is 1.91 bits per heavy atom. The van der Waals surface area contributed by atoms with Crippen molar-refractivity contribution in [1.82, 2.24) is 0 Å². The summed E-state index contributed by atoms with van der Waals surface area (Å²) in [5.41, 5.74) is 0.494. The zero-order chi connectivity index (χ0) is 17.0. The van der Waals surface area contributed by atoms with Crippen molar-refractivity contribution >= 4 is 35.2 Å². The molecule has 0 spiro atoms. The molecule has 0 saturated carbocycles. The van der Waals surface area contributed by atoms with Gasteiger partial charge in [-0.3, -0.25) is 4.79 Å². The highest BCUT2D eigenvalue weighted by Gasteiger charge is 2.14. The Bertz CT molecular complexity index is 802. The molecule has 23 heavy (non-hydrogen) atoms. The van der Waals surface area contributed by atoms with E-state index < -0.39 is 17.7 Å². The third-order valence-electron chi connectivity index (χ3n) is 3.10. The third-order valence-corrected chi connectivity index (χ3v) is 3.33. The molecular weight excluding hydrogens is 321 g/mol. The van der Waals surface area contributed by atoms with E-state index in [-0.39, 0.29) is 22.4 Å². The van der Waals surface area contributed by atoms with Crippen LogP contribution >= 0.6 is 11.6 Å². The summed E-state index contributed by atoms with van der Waals surface area (Å²) in [6.07, 6.45) is 1.38. The van der Waals surface area contributed by atoms with E-state index in [1.165, 1.54) is 43.3 Å². The number of rotatable bonds is 4. The molecule has 0 bridgehead atoms. The number of carbonyl (C=O) groups is 2. The van der Waals surface area contributed by atoms with Crippen LogP contribution in [-0.2, 0) is 4.79 Å². The quantitative estimate of drug-likeness (QED) is 0.823. The van der Waals surface area contributed by atoms with Crippen LogP contribution in [0.15, 0.2) is 48.0 Å². The highest BCUT2D eigenvalue weighted by Crippen LogP contribution is 2.22. The molecule has 0 atom stereocenters. The maximum Gasteiger partial charge on any atom is 0.337 e. The second-order valence-corrected chi connectivity index (χ2v) is 5.23. The monoisotopic (exact) mass is 333 g/mol. The average Bonchev–Trinajstić information content (AvgIpc) is 2.49. The second-order valence-electron chi connectivity index (χ2n) is 4.80. The lowest BCUT2D eigenvalue weighted by Gasteiger charge is -2.09. The molecule has 4 nitrogen and oxygen atoms in total. The van der Waals surface area contributed by atoms with Crippen molar-refractivity contribution in [3.8, 4) is 0 Å². The molecule has 0 radical (unpaired) electrons. The zero-order valence-corrected chi connectivity index (χ0v) is 12.9. The molecule has 118 valence electrons. The lowest BCUT2D eigenvalue weighted by atomic mass is 10.1. The Kier molecular flexibility index (Phi) is 5.13. The number of aromatic carboxylic acids is 1. The number of carbonyl (C=O) groups excluding carboxylic acids is 1. The molecule has 2 aromatic carbocycles. The van der Waals surface area contributed by atoms with Crippen LogP contribution in [0.5, 0.6) is 0 Å². The van der Waals surface area contributed by atoms with Gasteiger partial charge in [0.25, 0.3) is 5.91 Å². The minimum absolute atomic E-state index is 0.0799. The van der Waals surface area contributed by atoms with Crippen molar-refractivity contribution < 1.29 is 19.1 Å². The van der Waals surface area contributed by atoms with Gasteiger partial charge in [0.15, 0.2) is 0 Å². The van der Waals surface area contributed by atoms with Crippen molar-refractivity contribution in [2.75, 3.05) is 5.32 Å². The average molecular weight is 334 g/mol. The van der Waals surface area contributed by atoms with Crippen LogP contribution < -0.4 is 5.32 Å². The van der Waals surface area contributed by atoms with Crippen LogP contribution in [0, 0.1) is 5.82 Å². The van der Waals surface area contributed by atoms with E-state index in [1.807, 2.05) is 0 Å². The number of hydrogen-bond acceptors (Lipinski definition) is 2. The fourth-order valence-electron chi connectivity index (χ4n) is 1.92. The molecular formula is C17H13ClFNO3. The minimum Gasteiger partial charge on any atom is -0.478 e. The predicted octanol–water partition coefficient (Wildman–Crippen LogP) is 4.22. The topological polar surface area (TPSA) is 66.4 Å². The number of nitrogens with one attached hydrogen (secondary N) is 1. The standard InChI is InChI=1S/C17H13ClFNO3/c1-10(8-11-4-2-3-5-14(11)19)16(21)20-15-9-12(18)6-7-13(15)17(22)23/h2-9H,1H3,(H,20,21)(H,22,23)/b10-8+. The van der Waals surface area contributed by atoms with Gasteiger partial charge in [0.1, 0.15) is 5.82 Å². The number of hydrogen-bond donors (Lipinski definition) is 2. The highest BCUT2D eigenvalue weighted by atomic mass is 35.5. The number of halogens is 2. The van der Waals surface area contributed by atoms with Gasteiger partial charge in [-0.25, -0.2) is 9.18 Å². The van der Waals surface area contributed by atoms with Gasteiger partial charge >= 0.3 is 5.97 Å². The SMILES string of the molecule is C/C(=C\c1ccccc1F)C(=O)Nc1cc(Cl)ccc1C(=O)O. The first-order chi connectivity index (χ1) is 10.9. The fraction of sp³-hybridized carbons (Fsp3) is 0.0588. The first-order valence-electron chi connectivity index (χ1n) is 6.65. The molecule has 2 N–H and O–H groups in total. The smallest absolute Gasteiger partial charge is 0.337 e. The Morgan fingerprint density at radius 3 is 2.57 bits per heavy atom. The summed E-state index contributed by atoms with van der Waals surface area (Å²) < 4.78 is 13.6. The van der Waals surface area contributed by atoms with Crippen LogP contribution in [0.2, 0.25) is 5.02 Å². The van der Waals surface area contributed by atoms with E-state index in [2.05, 4.69) is 5.32 Å². The van der Waals surface area contributed by atoms with E-state index in [4.69, 9.17) is 16.7 Å². The van der Waals surface area contributed by atoms with Gasteiger partial charge in [-0.15, -0.1) is 0 Å². The fourth-order valence-corrected chi connectivity index (χ4v) is 2.09. The van der Waals surface area contributed by atoms with Crippen molar-refractivity contribution in [2.45, 2.75) is 6.92 Å². The number of anilines is 1. The van der Waals surface area contributed by atoms with Crippen LogP contribution in [-0.4, -0.2) is 17.0 Å². The Morgan fingerprint density at radius 1 is 1.22 bits per heavy atom. The van der Waals surface area contributed by atoms with Crippen LogP contribution in [0.4, 0.5) is 10.1 Å². The summed E-state index contributed by atoms with van der Waals surface area (Å²) >= 11 is 5.83. The van der Waals surface area contributed by atoms with E-state index >= 15 is 0 Å². The first kappa shape index (κ1) is 16.7. The van der Waals surface area contributed by atoms with Crippen molar-refractivity contribution in [3.63, 3.8) is 0 Å². The van der Waals surface area contributed by atoms with Crippen molar-refractivity contribution in [1.29, 1.82) is 0 Å². The molecule has 0 aliphatic rings. The molecule has 0 unspecified atom stereocenters. The van der Waals surface area contributed by atoms with Gasteiger partial charge in [-0.05, 0) is 37.3 Å². The lowest BCUT2D eigenvalue weighted by Crippen LogP contribution is -2.15. The summed E-state index contributed by atoms with van der Waals surface area (Å²) in [5, 5.41) is 11.9. The maximum absolute atomic E-state index is 13.6. The molecule has 0 aliphatic carbocycles. The Balaban J connectivity index is 2.27. The molecule has 0 aromatic heterocycles. The lowest BCUT2D eigenvalue weighted by molar-refractivity contribution is -0.112. The molecule has 6 heteroatoms. The van der Waals surface area contributed by atoms with Crippen LogP contribution in [0.3, 0.4) is 0 Å². The molecule has 1 amide bonds. The number of amides is 1. The third kappa shape index (κ3) is 4.17. The molecule has 0 heterocycles. The summed E-state index contributed by atoms with van der Waals surface area (Å²) in [5.74, 6) is -2.18. The number of benzene rings is 2. The van der Waals surface area contributed by atoms with E-state index in [1.54, 1.807) is 12.1 Å². The van der Waals surface area contributed by atoms with Crippen LogP contribution in [0.1, 0.15) is 22.8 Å². The summed E-state index contributed by atoms with van der Waals surface area (Å²) in [6, 6.07) is 10.1. The van der Waals surface area contributed by atoms with E-state index in [9.17, 15) is 14.0 Å². The molecule has 0 fully saturated rings. The largest absolute Gasteiger partial charge is 0.478 e. The summed E-state index contributed by atoms with van der Waals surface area (Å²) in [4.78, 5) is 23.3. The normalized spacial score (nSPS) is 11.2. The summed E-state index contributed by atoms with van der Waals surface area (Å²) in [6.45, 7) is 1.51. The Labute approximate surface area is 137 Å². The number of carboxylic acids is 1. The van der Waals surface area contributed by atoms with Gasteiger partial charge in [0.2, 0.25) is 0 Å². The molecule has 2 aromatic rings. The predicted molar refractivity (Wildman–Crippen MR) is 87.1 cm³/mol. The molecule has 2 rings (SSSR count). The van der Waals surface area contributed by atoms with Crippen molar-refractivity contribution in [2.24, 2.45) is 0 Å². The van der Waals surface area contributed by atoms with E-state index in [0.717, 1.165) is 0 Å². The minimum atomic E-state index is -1.19. The van der Waals surface area contributed by atoms with E-state index in [0.29, 0.717) is 5.02 Å². The van der Waals surface area contributed by atoms with Gasteiger partial charge in [-0.2, -0.15) is 0 Å². The molecule has 0 aliphatic heterocycles. The first-order valence-corrected chi connectivity index (χ1v) is 7.03.